The molecular formula is C18H17ClO6. The monoisotopic (exact) mass is 364 g/mol. The second-order valence-electron chi connectivity index (χ2n) is 5.14. The first-order chi connectivity index (χ1) is 12.2. The van der Waals surface area contributed by atoms with E-state index in [0.29, 0.717) is 46.8 Å². The molecule has 0 spiro atoms. The normalized spacial score (nSPS) is 12.4. The van der Waals surface area contributed by atoms with Gasteiger partial charge in [-0.05, 0) is 36.4 Å². The lowest BCUT2D eigenvalue weighted by atomic mass is 10.1. The molecule has 2 aromatic rings. The summed E-state index contributed by atoms with van der Waals surface area (Å²) in [6.45, 7) is 1.20. The molecule has 1 aliphatic heterocycles. The summed E-state index contributed by atoms with van der Waals surface area (Å²) in [6, 6.07) is 10.1. The molecule has 0 bridgehead atoms. The van der Waals surface area contributed by atoms with E-state index in [1.54, 1.807) is 36.4 Å². The number of esters is 1. The second-order valence-corrected chi connectivity index (χ2v) is 5.58. The highest BCUT2D eigenvalue weighted by Crippen LogP contribution is 2.40. The summed E-state index contributed by atoms with van der Waals surface area (Å²) in [5.74, 6) is 1.56. The molecule has 1 heterocycles. The van der Waals surface area contributed by atoms with Crippen LogP contribution >= 0.6 is 11.6 Å². The Morgan fingerprint density at radius 1 is 1.12 bits per heavy atom. The largest absolute Gasteiger partial charge is 0.493 e. The van der Waals surface area contributed by atoms with Gasteiger partial charge in [0.15, 0.2) is 11.5 Å². The van der Waals surface area contributed by atoms with Gasteiger partial charge in [-0.15, -0.1) is 0 Å². The van der Waals surface area contributed by atoms with Gasteiger partial charge in [-0.3, -0.25) is 0 Å². The van der Waals surface area contributed by atoms with Crippen LogP contribution < -0.4 is 18.9 Å². The van der Waals surface area contributed by atoms with E-state index < -0.39 is 5.97 Å². The van der Waals surface area contributed by atoms with Gasteiger partial charge in [-0.25, -0.2) is 4.79 Å². The SMILES string of the molecule is COc1cc(C(=O)OCCOc2ccc(Cl)cc2)cc2c1OCCO2. The van der Waals surface area contributed by atoms with Gasteiger partial charge in [0.05, 0.1) is 12.7 Å². The fourth-order valence-corrected chi connectivity index (χ4v) is 2.42. The van der Waals surface area contributed by atoms with E-state index in [1.807, 2.05) is 0 Å². The van der Waals surface area contributed by atoms with Crippen LogP contribution in [-0.2, 0) is 4.74 Å². The van der Waals surface area contributed by atoms with Crippen LogP contribution in [0.2, 0.25) is 5.02 Å². The van der Waals surface area contributed by atoms with Crippen molar-refractivity contribution in [3.8, 4) is 23.0 Å². The minimum absolute atomic E-state index is 0.109. The zero-order valence-electron chi connectivity index (χ0n) is 13.6. The first-order valence-electron chi connectivity index (χ1n) is 7.70. The van der Waals surface area contributed by atoms with E-state index in [-0.39, 0.29) is 13.2 Å². The first-order valence-corrected chi connectivity index (χ1v) is 8.08. The number of benzene rings is 2. The van der Waals surface area contributed by atoms with Crippen molar-refractivity contribution in [2.24, 2.45) is 0 Å². The van der Waals surface area contributed by atoms with Crippen molar-refractivity contribution in [1.29, 1.82) is 0 Å². The number of carbonyl (C=O) groups is 1. The van der Waals surface area contributed by atoms with Gasteiger partial charge in [0, 0.05) is 5.02 Å². The average molecular weight is 365 g/mol. The van der Waals surface area contributed by atoms with Crippen molar-refractivity contribution in [3.05, 3.63) is 47.0 Å². The van der Waals surface area contributed by atoms with Crippen molar-refractivity contribution in [3.63, 3.8) is 0 Å². The number of methoxy groups -OCH3 is 1. The summed E-state index contributed by atoms with van der Waals surface area (Å²) in [4.78, 5) is 12.2. The van der Waals surface area contributed by atoms with Crippen LogP contribution in [0.25, 0.3) is 0 Å². The van der Waals surface area contributed by atoms with Crippen LogP contribution in [-0.4, -0.2) is 39.5 Å². The van der Waals surface area contributed by atoms with E-state index in [4.69, 9.17) is 35.3 Å². The van der Waals surface area contributed by atoms with Crippen molar-refractivity contribution in [2.75, 3.05) is 33.5 Å². The van der Waals surface area contributed by atoms with Crippen molar-refractivity contribution >= 4 is 17.6 Å². The number of fused-ring (bicyclic) bond motifs is 1. The smallest absolute Gasteiger partial charge is 0.338 e. The summed E-state index contributed by atoms with van der Waals surface area (Å²) >= 11 is 5.80. The maximum atomic E-state index is 12.2. The fraction of sp³-hybridized carbons (Fsp3) is 0.278. The zero-order valence-corrected chi connectivity index (χ0v) is 14.4. The van der Waals surface area contributed by atoms with Crippen LogP contribution in [0, 0.1) is 0 Å². The third-order valence-corrected chi connectivity index (χ3v) is 3.71. The predicted molar refractivity (Wildman–Crippen MR) is 91.2 cm³/mol. The van der Waals surface area contributed by atoms with Gasteiger partial charge in [-0.1, -0.05) is 11.6 Å². The van der Waals surface area contributed by atoms with E-state index >= 15 is 0 Å². The van der Waals surface area contributed by atoms with Crippen molar-refractivity contribution < 1.29 is 28.5 Å². The second kappa shape index (κ2) is 7.98. The Balaban J connectivity index is 1.57. The highest BCUT2D eigenvalue weighted by Gasteiger charge is 2.21. The lowest BCUT2D eigenvalue weighted by molar-refractivity contribution is 0.0449. The molecule has 0 unspecified atom stereocenters. The number of rotatable bonds is 6. The van der Waals surface area contributed by atoms with E-state index in [1.165, 1.54) is 7.11 Å². The Labute approximate surface area is 150 Å². The molecule has 6 nitrogen and oxygen atoms in total. The Kier molecular flexibility index (Phi) is 5.50. The molecule has 0 N–H and O–H groups in total. The topological polar surface area (TPSA) is 63.2 Å². The summed E-state index contributed by atoms with van der Waals surface area (Å²) in [7, 11) is 1.50. The van der Waals surface area contributed by atoms with E-state index in [0.717, 1.165) is 0 Å². The average Bonchev–Trinajstić information content (AvgIpc) is 2.65. The Hall–Kier alpha value is -2.60. The van der Waals surface area contributed by atoms with Crippen molar-refractivity contribution in [2.45, 2.75) is 0 Å². The Morgan fingerprint density at radius 3 is 2.64 bits per heavy atom. The summed E-state index contributed by atoms with van der Waals surface area (Å²) in [5, 5.41) is 0.631. The molecule has 0 amide bonds. The molecule has 25 heavy (non-hydrogen) atoms. The van der Waals surface area contributed by atoms with Gasteiger partial charge in [-0.2, -0.15) is 0 Å². The van der Waals surface area contributed by atoms with Crippen LogP contribution in [0.1, 0.15) is 10.4 Å². The highest BCUT2D eigenvalue weighted by atomic mass is 35.5. The van der Waals surface area contributed by atoms with Gasteiger partial charge in [0.25, 0.3) is 0 Å². The molecule has 7 heteroatoms. The number of ether oxygens (including phenoxy) is 5. The molecule has 0 atom stereocenters. The molecular weight excluding hydrogens is 348 g/mol. The maximum Gasteiger partial charge on any atom is 0.338 e. The molecule has 3 rings (SSSR count). The van der Waals surface area contributed by atoms with Crippen LogP contribution in [0.4, 0.5) is 0 Å². The van der Waals surface area contributed by atoms with Gasteiger partial charge in [0.2, 0.25) is 5.75 Å². The van der Waals surface area contributed by atoms with Crippen LogP contribution in [0.3, 0.4) is 0 Å². The highest BCUT2D eigenvalue weighted by molar-refractivity contribution is 6.30. The lowest BCUT2D eigenvalue weighted by Gasteiger charge is -2.21. The van der Waals surface area contributed by atoms with Gasteiger partial charge >= 0.3 is 5.97 Å². The molecule has 0 aliphatic carbocycles. The Morgan fingerprint density at radius 2 is 1.88 bits per heavy atom. The minimum atomic E-state index is -0.491. The molecule has 0 radical (unpaired) electrons. The number of hydrogen-bond acceptors (Lipinski definition) is 6. The fourth-order valence-electron chi connectivity index (χ4n) is 2.30. The zero-order chi connectivity index (χ0) is 17.6. The summed E-state index contributed by atoms with van der Waals surface area (Å²) < 4.78 is 27.0. The predicted octanol–water partition coefficient (Wildman–Crippen LogP) is 3.36. The quantitative estimate of drug-likeness (QED) is 0.578. The van der Waals surface area contributed by atoms with Crippen LogP contribution in [0.15, 0.2) is 36.4 Å². The van der Waals surface area contributed by atoms with E-state index in [2.05, 4.69) is 0 Å². The summed E-state index contributed by atoms with van der Waals surface area (Å²) in [6.07, 6.45) is 0. The third kappa shape index (κ3) is 4.28. The number of hydrogen-bond donors (Lipinski definition) is 0. The molecule has 0 aromatic heterocycles. The molecule has 2 aromatic carbocycles. The summed E-state index contributed by atoms with van der Waals surface area (Å²) in [5.41, 5.74) is 0.326. The minimum Gasteiger partial charge on any atom is -0.493 e. The number of carbonyl (C=O) groups excluding carboxylic acids is 1. The maximum absolute atomic E-state index is 12.2. The molecule has 132 valence electrons. The van der Waals surface area contributed by atoms with Crippen LogP contribution in [0.5, 0.6) is 23.0 Å². The van der Waals surface area contributed by atoms with Crippen molar-refractivity contribution in [1.82, 2.24) is 0 Å². The van der Waals surface area contributed by atoms with Gasteiger partial charge < -0.3 is 23.7 Å². The molecule has 0 saturated heterocycles. The molecule has 1 aliphatic rings. The van der Waals surface area contributed by atoms with Gasteiger partial charge in [0.1, 0.15) is 32.2 Å². The Bertz CT molecular complexity index is 727. The third-order valence-electron chi connectivity index (χ3n) is 3.46. The standard InChI is InChI=1S/C18H17ClO6/c1-21-15-10-12(11-16-17(15)24-8-7-23-16)18(20)25-9-6-22-14-4-2-13(19)3-5-14/h2-5,10-11H,6-9H2,1H3. The molecule has 0 saturated carbocycles. The first kappa shape index (κ1) is 17.2. The van der Waals surface area contributed by atoms with E-state index in [9.17, 15) is 4.79 Å². The molecule has 0 fully saturated rings. The number of halogens is 1. The lowest BCUT2D eigenvalue weighted by Crippen LogP contribution is -2.17.